The molecule has 1 aromatic rings. The third-order valence-electron chi connectivity index (χ3n) is 1.47. The Labute approximate surface area is 77.4 Å². The SMILES string of the molecule is [2H]C([2H])([2H])C(=O)c1ccc(C(F)(F)F)cc1. The first kappa shape index (κ1) is 6.18. The Bertz CT molecular complexity index is 392. The second kappa shape index (κ2) is 3.20. The van der Waals surface area contributed by atoms with Crippen LogP contribution in [0.15, 0.2) is 24.3 Å². The topological polar surface area (TPSA) is 17.1 Å². The molecule has 13 heavy (non-hydrogen) atoms. The molecule has 0 unspecified atom stereocenters. The highest BCUT2D eigenvalue weighted by atomic mass is 19.4. The lowest BCUT2D eigenvalue weighted by Crippen LogP contribution is -2.05. The van der Waals surface area contributed by atoms with Gasteiger partial charge in [-0.2, -0.15) is 13.2 Å². The van der Waals surface area contributed by atoms with E-state index in [9.17, 15) is 18.0 Å². The van der Waals surface area contributed by atoms with E-state index in [2.05, 4.69) is 0 Å². The van der Waals surface area contributed by atoms with Crippen molar-refractivity contribution in [3.8, 4) is 0 Å². The quantitative estimate of drug-likeness (QED) is 0.624. The highest BCUT2D eigenvalue weighted by Gasteiger charge is 2.29. The first-order valence-corrected chi connectivity index (χ1v) is 3.34. The van der Waals surface area contributed by atoms with E-state index in [4.69, 9.17) is 4.11 Å². The highest BCUT2D eigenvalue weighted by molar-refractivity contribution is 5.94. The predicted octanol–water partition coefficient (Wildman–Crippen LogP) is 2.91. The summed E-state index contributed by atoms with van der Waals surface area (Å²) in [7, 11) is 0. The Morgan fingerprint density at radius 1 is 1.31 bits per heavy atom. The van der Waals surface area contributed by atoms with Crippen LogP contribution >= 0.6 is 0 Å². The molecule has 0 saturated carbocycles. The largest absolute Gasteiger partial charge is 0.416 e. The summed E-state index contributed by atoms with van der Waals surface area (Å²) >= 11 is 0. The molecule has 0 saturated heterocycles. The molecular weight excluding hydrogens is 181 g/mol. The van der Waals surface area contributed by atoms with Crippen LogP contribution < -0.4 is 0 Å². The van der Waals surface area contributed by atoms with Crippen molar-refractivity contribution < 1.29 is 22.1 Å². The van der Waals surface area contributed by atoms with Gasteiger partial charge in [-0.3, -0.25) is 4.79 Å². The van der Waals surface area contributed by atoms with Crippen LogP contribution in [0.1, 0.15) is 26.9 Å². The molecule has 1 nitrogen and oxygen atoms in total. The van der Waals surface area contributed by atoms with Gasteiger partial charge in [-0.25, -0.2) is 0 Å². The maximum atomic E-state index is 12.2. The van der Waals surface area contributed by atoms with Gasteiger partial charge in [0.2, 0.25) is 0 Å². The predicted molar refractivity (Wildman–Crippen MR) is 41.4 cm³/mol. The van der Waals surface area contributed by atoms with Gasteiger partial charge in [-0.1, -0.05) is 12.1 Å². The third kappa shape index (κ3) is 2.31. The summed E-state index contributed by atoms with van der Waals surface area (Å²) in [6, 6.07) is 3.08. The molecule has 0 aliphatic rings. The first-order valence-electron chi connectivity index (χ1n) is 4.84. The summed E-state index contributed by atoms with van der Waals surface area (Å²) in [5.41, 5.74) is -1.18. The molecule has 0 aliphatic carbocycles. The Hall–Kier alpha value is -1.32. The number of carbonyl (C=O) groups excluding carboxylic acids is 1. The number of Topliss-reactive ketones (excluding diaryl/α,β-unsaturated/α-hetero) is 1. The number of alkyl halides is 3. The van der Waals surface area contributed by atoms with Crippen LogP contribution in [0.4, 0.5) is 13.2 Å². The summed E-state index contributed by atoms with van der Waals surface area (Å²) < 4.78 is 56.9. The van der Waals surface area contributed by atoms with E-state index in [0.717, 1.165) is 12.1 Å². The fourth-order valence-electron chi connectivity index (χ4n) is 0.811. The number of hydrogen-bond acceptors (Lipinski definition) is 1. The Balaban J connectivity index is 3.01. The summed E-state index contributed by atoms with van der Waals surface area (Å²) in [4.78, 5) is 11.2. The average Bonchev–Trinajstić information content (AvgIpc) is 2.14. The monoisotopic (exact) mass is 191 g/mol. The fraction of sp³-hybridized carbons (Fsp3) is 0.222. The van der Waals surface area contributed by atoms with Crippen LogP contribution in [0.5, 0.6) is 0 Å². The van der Waals surface area contributed by atoms with Crippen LogP contribution in [-0.4, -0.2) is 5.78 Å². The molecule has 1 aromatic carbocycles. The summed E-state index contributed by atoms with van der Waals surface area (Å²) in [6.07, 6.45) is -4.50. The van der Waals surface area contributed by atoms with Gasteiger partial charge >= 0.3 is 6.18 Å². The highest BCUT2D eigenvalue weighted by Crippen LogP contribution is 2.28. The van der Waals surface area contributed by atoms with Crippen molar-refractivity contribution in [3.63, 3.8) is 0 Å². The maximum absolute atomic E-state index is 12.2. The van der Waals surface area contributed by atoms with Gasteiger partial charge in [0.1, 0.15) is 0 Å². The van der Waals surface area contributed by atoms with Crippen molar-refractivity contribution in [3.05, 3.63) is 35.4 Å². The van der Waals surface area contributed by atoms with Crippen LogP contribution in [-0.2, 0) is 6.18 Å². The Morgan fingerprint density at radius 3 is 2.23 bits per heavy atom. The molecule has 0 aliphatic heterocycles. The van der Waals surface area contributed by atoms with E-state index in [1.165, 1.54) is 0 Å². The molecule has 0 heterocycles. The van der Waals surface area contributed by atoms with Gasteiger partial charge in [0.05, 0.1) is 5.56 Å². The number of rotatable bonds is 1. The van der Waals surface area contributed by atoms with Crippen LogP contribution in [0.25, 0.3) is 0 Å². The van der Waals surface area contributed by atoms with Gasteiger partial charge in [0.15, 0.2) is 5.78 Å². The zero-order chi connectivity index (χ0) is 12.6. The van der Waals surface area contributed by atoms with E-state index in [1.807, 2.05) is 0 Å². The van der Waals surface area contributed by atoms with E-state index in [1.54, 1.807) is 0 Å². The number of halogens is 3. The molecule has 0 aromatic heterocycles. The number of ketones is 1. The van der Waals surface area contributed by atoms with Crippen molar-refractivity contribution in [2.24, 2.45) is 0 Å². The molecule has 0 atom stereocenters. The van der Waals surface area contributed by atoms with Gasteiger partial charge < -0.3 is 0 Å². The minimum atomic E-state index is -4.50. The smallest absolute Gasteiger partial charge is 0.295 e. The summed E-state index contributed by atoms with van der Waals surface area (Å²) in [5.74, 6) is -1.17. The van der Waals surface area contributed by atoms with Gasteiger partial charge in [-0.15, -0.1) is 0 Å². The minimum Gasteiger partial charge on any atom is -0.295 e. The molecule has 0 N–H and O–H groups in total. The Morgan fingerprint density at radius 2 is 1.85 bits per heavy atom. The Kier molecular flexibility index (Phi) is 1.52. The van der Waals surface area contributed by atoms with E-state index in [-0.39, 0.29) is 5.56 Å². The van der Waals surface area contributed by atoms with Crippen molar-refractivity contribution >= 4 is 5.78 Å². The lowest BCUT2D eigenvalue weighted by atomic mass is 10.1. The van der Waals surface area contributed by atoms with Crippen LogP contribution in [0.2, 0.25) is 0 Å². The van der Waals surface area contributed by atoms with Gasteiger partial charge in [-0.05, 0) is 19.0 Å². The lowest BCUT2D eigenvalue weighted by Gasteiger charge is -2.05. The van der Waals surface area contributed by atoms with Gasteiger partial charge in [0.25, 0.3) is 0 Å². The molecule has 70 valence electrons. The molecule has 4 heteroatoms. The fourth-order valence-corrected chi connectivity index (χ4v) is 0.811. The zero-order valence-corrected chi connectivity index (χ0v) is 6.35. The maximum Gasteiger partial charge on any atom is 0.416 e. The number of benzene rings is 1. The molecule has 0 radical (unpaired) electrons. The van der Waals surface area contributed by atoms with Crippen LogP contribution in [0.3, 0.4) is 0 Å². The van der Waals surface area contributed by atoms with Crippen molar-refractivity contribution in [2.75, 3.05) is 0 Å². The minimum absolute atomic E-state index is 0.256. The van der Waals surface area contributed by atoms with E-state index in [0.29, 0.717) is 12.1 Å². The summed E-state index contributed by atoms with van der Waals surface area (Å²) in [6.45, 7) is -2.83. The third-order valence-corrected chi connectivity index (χ3v) is 1.47. The van der Waals surface area contributed by atoms with Gasteiger partial charge in [0, 0.05) is 9.68 Å². The van der Waals surface area contributed by atoms with Crippen molar-refractivity contribution in [2.45, 2.75) is 13.0 Å². The van der Waals surface area contributed by atoms with Crippen molar-refractivity contribution in [1.29, 1.82) is 0 Å². The first-order chi connectivity index (χ1) is 7.12. The summed E-state index contributed by atoms with van der Waals surface area (Å²) in [5, 5.41) is 0. The molecule has 1 rings (SSSR count). The second-order valence-corrected chi connectivity index (χ2v) is 2.40. The molecule has 0 amide bonds. The standard InChI is InChI=1S/C9H7F3O/c1-6(13)7-2-4-8(5-3-7)9(10,11)12/h2-5H,1H3/i1D3. The van der Waals surface area contributed by atoms with Crippen molar-refractivity contribution in [1.82, 2.24) is 0 Å². The number of hydrogen-bond donors (Lipinski definition) is 0. The van der Waals surface area contributed by atoms with Crippen LogP contribution in [0, 0.1) is 0 Å². The average molecular weight is 191 g/mol. The van der Waals surface area contributed by atoms with E-state index >= 15 is 0 Å². The second-order valence-electron chi connectivity index (χ2n) is 2.40. The molecule has 0 fully saturated rings. The van der Waals surface area contributed by atoms with E-state index < -0.39 is 24.4 Å². The molecule has 0 spiro atoms. The number of carbonyl (C=O) groups is 1. The normalized spacial score (nSPS) is 15.8. The molecule has 0 bridgehead atoms. The molecular formula is C9H7F3O. The lowest BCUT2D eigenvalue weighted by molar-refractivity contribution is -0.137. The zero-order valence-electron chi connectivity index (χ0n) is 9.35.